The monoisotopic (exact) mass is 431 g/mol. The lowest BCUT2D eigenvalue weighted by molar-refractivity contribution is -0.140. The van der Waals surface area contributed by atoms with Crippen molar-refractivity contribution in [1.82, 2.24) is 14.8 Å². The maximum Gasteiger partial charge on any atom is 0.418 e. The number of nitrogens with one attached hydrogen (secondary N) is 1. The molecule has 3 N–H and O–H groups in total. The number of esters is 1. The van der Waals surface area contributed by atoms with Crippen LogP contribution in [0.2, 0.25) is 0 Å². The molecule has 29 heavy (non-hydrogen) atoms. The summed E-state index contributed by atoms with van der Waals surface area (Å²) in [6.45, 7) is 3.55. The highest BCUT2D eigenvalue weighted by Gasteiger charge is 2.34. The summed E-state index contributed by atoms with van der Waals surface area (Å²) in [4.78, 5) is 24.3. The summed E-state index contributed by atoms with van der Waals surface area (Å²) in [5, 5.41) is 10.0. The number of nitrogens with zero attached hydrogens (tertiary/aromatic N) is 3. The van der Waals surface area contributed by atoms with E-state index in [1.807, 2.05) is 0 Å². The van der Waals surface area contributed by atoms with Crippen LogP contribution in [0.25, 0.3) is 0 Å². The first-order valence-corrected chi connectivity index (χ1v) is 9.63. The van der Waals surface area contributed by atoms with Crippen LogP contribution in [-0.2, 0) is 20.5 Å². The van der Waals surface area contributed by atoms with E-state index in [4.69, 9.17) is 10.5 Å². The molecular formula is C17H20F3N5O3S. The maximum absolute atomic E-state index is 13.2. The van der Waals surface area contributed by atoms with Gasteiger partial charge in [0, 0.05) is 0 Å². The zero-order valence-electron chi connectivity index (χ0n) is 15.7. The molecule has 1 aromatic carbocycles. The molecule has 0 aliphatic carbocycles. The standard InChI is InChI=1S/C17H20F3N5O3S/c1-3-12(14(27)22-11-8-6-5-7-10(11)17(18,19)20)25-15(21)23-24-16(25)29-9-13(26)28-4-2/h5-8,12H,3-4,9H2,1-2H3,(H2,21,23)(H,22,27). The first kappa shape index (κ1) is 22.5. The number of aromatic nitrogens is 3. The topological polar surface area (TPSA) is 112 Å². The Bertz CT molecular complexity index is 872. The zero-order chi connectivity index (χ0) is 21.6. The van der Waals surface area contributed by atoms with E-state index < -0.39 is 29.7 Å². The molecule has 0 saturated heterocycles. The minimum absolute atomic E-state index is 0.0824. The second-order valence-electron chi connectivity index (χ2n) is 5.76. The van der Waals surface area contributed by atoms with Crippen molar-refractivity contribution in [1.29, 1.82) is 0 Å². The van der Waals surface area contributed by atoms with Crippen LogP contribution in [0.1, 0.15) is 31.9 Å². The Hall–Kier alpha value is -2.76. The number of para-hydroxylation sites is 1. The van der Waals surface area contributed by atoms with Crippen molar-refractivity contribution in [2.75, 3.05) is 23.4 Å². The number of ether oxygens (including phenoxy) is 1. The molecular weight excluding hydrogens is 411 g/mol. The van der Waals surface area contributed by atoms with E-state index in [2.05, 4.69) is 15.5 Å². The zero-order valence-corrected chi connectivity index (χ0v) is 16.5. The maximum atomic E-state index is 13.2. The first-order chi connectivity index (χ1) is 13.7. The fourth-order valence-electron chi connectivity index (χ4n) is 2.55. The van der Waals surface area contributed by atoms with Crippen LogP contribution in [0.15, 0.2) is 29.4 Å². The lowest BCUT2D eigenvalue weighted by atomic mass is 10.1. The third-order valence-electron chi connectivity index (χ3n) is 3.81. The molecule has 2 aromatic rings. The molecule has 2 rings (SSSR count). The van der Waals surface area contributed by atoms with Gasteiger partial charge < -0.3 is 15.8 Å². The number of thioether (sulfide) groups is 1. The highest BCUT2D eigenvalue weighted by Crippen LogP contribution is 2.35. The van der Waals surface area contributed by atoms with Gasteiger partial charge in [-0.3, -0.25) is 14.2 Å². The van der Waals surface area contributed by atoms with Gasteiger partial charge in [-0.2, -0.15) is 13.2 Å². The molecule has 0 spiro atoms. The summed E-state index contributed by atoms with van der Waals surface area (Å²) in [5.74, 6) is -1.38. The largest absolute Gasteiger partial charge is 0.465 e. The van der Waals surface area contributed by atoms with Crippen LogP contribution in [0.4, 0.5) is 24.8 Å². The molecule has 0 saturated carbocycles. The number of halogens is 3. The summed E-state index contributed by atoms with van der Waals surface area (Å²) < 4.78 is 45.7. The van der Waals surface area contributed by atoms with Gasteiger partial charge in [0.05, 0.1) is 23.6 Å². The first-order valence-electron chi connectivity index (χ1n) is 8.64. The third-order valence-corrected chi connectivity index (χ3v) is 4.72. The molecule has 0 aliphatic rings. The molecule has 158 valence electrons. The van der Waals surface area contributed by atoms with Crippen LogP contribution >= 0.6 is 11.8 Å². The highest BCUT2D eigenvalue weighted by molar-refractivity contribution is 7.99. The Morgan fingerprint density at radius 3 is 2.59 bits per heavy atom. The molecule has 8 nitrogen and oxygen atoms in total. The normalized spacial score (nSPS) is 12.4. The fraction of sp³-hybridized carbons (Fsp3) is 0.412. The van der Waals surface area contributed by atoms with Gasteiger partial charge in [0.25, 0.3) is 0 Å². The van der Waals surface area contributed by atoms with Crippen molar-refractivity contribution < 1.29 is 27.5 Å². The predicted molar refractivity (Wildman–Crippen MR) is 101 cm³/mol. The van der Waals surface area contributed by atoms with Crippen molar-refractivity contribution in [2.45, 2.75) is 37.6 Å². The van der Waals surface area contributed by atoms with Crippen molar-refractivity contribution in [3.05, 3.63) is 29.8 Å². The van der Waals surface area contributed by atoms with Crippen molar-refractivity contribution >= 4 is 35.3 Å². The number of amides is 1. The van der Waals surface area contributed by atoms with Gasteiger partial charge in [-0.25, -0.2) is 0 Å². The van der Waals surface area contributed by atoms with Crippen LogP contribution in [0.5, 0.6) is 0 Å². The SMILES string of the molecule is CCOC(=O)CSc1nnc(N)n1C(CC)C(=O)Nc1ccccc1C(F)(F)F. The minimum atomic E-state index is -4.62. The lowest BCUT2D eigenvalue weighted by Gasteiger charge is -2.20. The third kappa shape index (κ3) is 5.62. The number of nitrogen functional groups attached to an aromatic ring is 1. The van der Waals surface area contributed by atoms with E-state index in [0.29, 0.717) is 0 Å². The fourth-order valence-corrected chi connectivity index (χ4v) is 3.34. The number of anilines is 2. The Morgan fingerprint density at radius 1 is 1.28 bits per heavy atom. The molecule has 1 heterocycles. The average Bonchev–Trinajstić information content (AvgIpc) is 3.01. The van der Waals surface area contributed by atoms with Crippen LogP contribution in [-0.4, -0.2) is 39.0 Å². The lowest BCUT2D eigenvalue weighted by Crippen LogP contribution is -2.28. The van der Waals surface area contributed by atoms with Crippen molar-refractivity contribution in [2.24, 2.45) is 0 Å². The summed E-state index contributed by atoms with van der Waals surface area (Å²) in [6.07, 6.45) is -4.42. The molecule has 1 atom stereocenters. The minimum Gasteiger partial charge on any atom is -0.465 e. The second kappa shape index (κ2) is 9.63. The van der Waals surface area contributed by atoms with E-state index in [0.717, 1.165) is 17.8 Å². The molecule has 0 bridgehead atoms. The molecule has 0 radical (unpaired) electrons. The second-order valence-corrected chi connectivity index (χ2v) is 6.70. The van der Waals surface area contributed by atoms with E-state index in [1.165, 1.54) is 22.8 Å². The van der Waals surface area contributed by atoms with Gasteiger partial charge in [-0.15, -0.1) is 10.2 Å². The molecule has 0 aliphatic heterocycles. The van der Waals surface area contributed by atoms with E-state index >= 15 is 0 Å². The van der Waals surface area contributed by atoms with E-state index in [9.17, 15) is 22.8 Å². The number of carbonyl (C=O) groups excluding carboxylic acids is 2. The van der Waals surface area contributed by atoms with E-state index in [1.54, 1.807) is 13.8 Å². The molecule has 1 unspecified atom stereocenters. The van der Waals surface area contributed by atoms with Gasteiger partial charge in [-0.05, 0) is 25.5 Å². The van der Waals surface area contributed by atoms with Gasteiger partial charge >= 0.3 is 12.1 Å². The number of alkyl halides is 3. The van der Waals surface area contributed by atoms with Crippen LogP contribution < -0.4 is 11.1 Å². The van der Waals surface area contributed by atoms with Gasteiger partial charge in [-0.1, -0.05) is 30.8 Å². The molecule has 1 amide bonds. The molecule has 0 fully saturated rings. The number of rotatable bonds is 8. The number of hydrogen-bond acceptors (Lipinski definition) is 7. The summed E-state index contributed by atoms with van der Waals surface area (Å²) >= 11 is 0.966. The van der Waals surface area contributed by atoms with Gasteiger partial charge in [0.15, 0.2) is 5.16 Å². The Kier molecular flexibility index (Phi) is 7.48. The summed E-state index contributed by atoms with van der Waals surface area (Å²) in [6, 6.07) is 3.69. The van der Waals surface area contributed by atoms with Gasteiger partial charge in [0.1, 0.15) is 6.04 Å². The number of nitrogens with two attached hydrogens (primary N) is 1. The molecule has 1 aromatic heterocycles. The van der Waals surface area contributed by atoms with Crippen LogP contribution in [0.3, 0.4) is 0 Å². The van der Waals surface area contributed by atoms with Crippen molar-refractivity contribution in [3.63, 3.8) is 0 Å². The summed E-state index contributed by atoms with van der Waals surface area (Å²) in [7, 11) is 0. The highest BCUT2D eigenvalue weighted by atomic mass is 32.2. The average molecular weight is 431 g/mol. The Balaban J connectivity index is 2.25. The Morgan fingerprint density at radius 2 is 1.97 bits per heavy atom. The molecule has 12 heteroatoms. The quantitative estimate of drug-likeness (QED) is 0.488. The van der Waals surface area contributed by atoms with Gasteiger partial charge in [0.2, 0.25) is 11.9 Å². The number of hydrogen-bond donors (Lipinski definition) is 2. The Labute approximate surface area is 169 Å². The van der Waals surface area contributed by atoms with Crippen molar-refractivity contribution in [3.8, 4) is 0 Å². The smallest absolute Gasteiger partial charge is 0.418 e. The number of carbonyl (C=O) groups is 2. The van der Waals surface area contributed by atoms with E-state index in [-0.39, 0.29) is 35.6 Å². The number of benzene rings is 1. The summed E-state index contributed by atoms with van der Waals surface area (Å²) in [5.41, 5.74) is 4.49. The predicted octanol–water partition coefficient (Wildman–Crippen LogP) is 3.12. The van der Waals surface area contributed by atoms with Crippen LogP contribution in [0, 0.1) is 0 Å².